The lowest BCUT2D eigenvalue weighted by molar-refractivity contribution is -0.160. The predicted molar refractivity (Wildman–Crippen MR) is 51.7 cm³/mol. The molecule has 80 valence electrons. The molecule has 0 spiro atoms. The third-order valence-corrected chi connectivity index (χ3v) is 3.47. The number of aliphatic hydroxyl groups is 1. The molecule has 2 aliphatic carbocycles. The second-order valence-electron chi connectivity index (χ2n) is 4.86. The van der Waals surface area contributed by atoms with Crippen molar-refractivity contribution in [2.45, 2.75) is 57.2 Å². The fourth-order valence-corrected chi connectivity index (χ4v) is 2.81. The van der Waals surface area contributed by atoms with Crippen LogP contribution in [0.2, 0.25) is 0 Å². The summed E-state index contributed by atoms with van der Waals surface area (Å²) in [5, 5.41) is 9.06. The molecule has 14 heavy (non-hydrogen) atoms. The van der Waals surface area contributed by atoms with Crippen LogP contribution in [0.15, 0.2) is 0 Å². The molecule has 2 aliphatic rings. The standard InChI is InChI=1S/C11H18O3/c1-8(12)6-10(13)14-11-4-2-9(7-11)3-5-11/h8-9,12H,2-7H2,1H3. The SMILES string of the molecule is CC(O)CC(=O)OC12CCC(CC1)C2. The van der Waals surface area contributed by atoms with Gasteiger partial charge in [-0.05, 0) is 44.9 Å². The van der Waals surface area contributed by atoms with E-state index in [0.717, 1.165) is 25.2 Å². The zero-order valence-electron chi connectivity index (χ0n) is 8.66. The Morgan fingerprint density at radius 1 is 1.57 bits per heavy atom. The number of fused-ring (bicyclic) bond motifs is 2. The van der Waals surface area contributed by atoms with Gasteiger partial charge < -0.3 is 9.84 Å². The third kappa shape index (κ3) is 1.92. The molecular formula is C11H18O3. The molecule has 0 saturated heterocycles. The molecule has 2 bridgehead atoms. The summed E-state index contributed by atoms with van der Waals surface area (Å²) in [6, 6.07) is 0. The Morgan fingerprint density at radius 3 is 2.64 bits per heavy atom. The van der Waals surface area contributed by atoms with E-state index < -0.39 is 6.10 Å². The van der Waals surface area contributed by atoms with Crippen molar-refractivity contribution in [2.24, 2.45) is 5.92 Å². The first-order chi connectivity index (χ1) is 6.60. The highest BCUT2D eigenvalue weighted by Gasteiger charge is 2.47. The molecule has 2 rings (SSSR count). The zero-order chi connectivity index (χ0) is 10.2. The van der Waals surface area contributed by atoms with Gasteiger partial charge in [0.25, 0.3) is 0 Å². The molecular weight excluding hydrogens is 180 g/mol. The van der Waals surface area contributed by atoms with Gasteiger partial charge in [0.1, 0.15) is 5.60 Å². The van der Waals surface area contributed by atoms with Crippen LogP contribution in [-0.4, -0.2) is 22.8 Å². The topological polar surface area (TPSA) is 46.5 Å². The molecule has 0 aliphatic heterocycles. The Hall–Kier alpha value is -0.570. The largest absolute Gasteiger partial charge is 0.459 e. The molecule has 2 saturated carbocycles. The molecule has 0 radical (unpaired) electrons. The Morgan fingerprint density at radius 2 is 2.21 bits per heavy atom. The van der Waals surface area contributed by atoms with E-state index in [1.165, 1.54) is 12.8 Å². The van der Waals surface area contributed by atoms with Gasteiger partial charge >= 0.3 is 5.97 Å². The summed E-state index contributed by atoms with van der Waals surface area (Å²) >= 11 is 0. The first-order valence-electron chi connectivity index (χ1n) is 5.50. The first-order valence-corrected chi connectivity index (χ1v) is 5.50. The van der Waals surface area contributed by atoms with Crippen molar-refractivity contribution in [1.82, 2.24) is 0 Å². The van der Waals surface area contributed by atoms with Crippen LogP contribution < -0.4 is 0 Å². The number of carbonyl (C=O) groups is 1. The van der Waals surface area contributed by atoms with E-state index in [0.29, 0.717) is 0 Å². The maximum atomic E-state index is 11.4. The fraction of sp³-hybridized carbons (Fsp3) is 0.909. The monoisotopic (exact) mass is 198 g/mol. The summed E-state index contributed by atoms with van der Waals surface area (Å²) < 4.78 is 5.50. The van der Waals surface area contributed by atoms with Crippen LogP contribution in [0.1, 0.15) is 45.4 Å². The Balaban J connectivity index is 1.87. The smallest absolute Gasteiger partial charge is 0.308 e. The van der Waals surface area contributed by atoms with Gasteiger partial charge in [-0.15, -0.1) is 0 Å². The van der Waals surface area contributed by atoms with Crippen LogP contribution in [0.25, 0.3) is 0 Å². The first kappa shape index (κ1) is 9.97. The minimum atomic E-state index is -0.586. The lowest BCUT2D eigenvalue weighted by Crippen LogP contribution is -2.31. The fourth-order valence-electron chi connectivity index (χ4n) is 2.81. The van der Waals surface area contributed by atoms with Crippen LogP contribution in [0.4, 0.5) is 0 Å². The van der Waals surface area contributed by atoms with Gasteiger partial charge in [-0.25, -0.2) is 0 Å². The highest BCUT2D eigenvalue weighted by atomic mass is 16.6. The van der Waals surface area contributed by atoms with Gasteiger partial charge in [0.05, 0.1) is 12.5 Å². The summed E-state index contributed by atoms with van der Waals surface area (Å²) in [7, 11) is 0. The van der Waals surface area contributed by atoms with E-state index in [1.54, 1.807) is 6.92 Å². The molecule has 0 aromatic heterocycles. The number of hydrogen-bond donors (Lipinski definition) is 1. The summed E-state index contributed by atoms with van der Waals surface area (Å²) in [5.41, 5.74) is -0.142. The second-order valence-corrected chi connectivity index (χ2v) is 4.86. The average molecular weight is 198 g/mol. The number of hydrogen-bond acceptors (Lipinski definition) is 3. The van der Waals surface area contributed by atoms with Crippen molar-refractivity contribution >= 4 is 5.97 Å². The summed E-state index contributed by atoms with van der Waals surface area (Å²) in [6.45, 7) is 1.62. The van der Waals surface area contributed by atoms with E-state index >= 15 is 0 Å². The average Bonchev–Trinajstić information content (AvgIpc) is 2.60. The Labute approximate surface area is 84.4 Å². The molecule has 0 heterocycles. The number of rotatable bonds is 3. The van der Waals surface area contributed by atoms with E-state index in [4.69, 9.17) is 9.84 Å². The van der Waals surface area contributed by atoms with Crippen molar-refractivity contribution in [3.63, 3.8) is 0 Å². The molecule has 3 heteroatoms. The third-order valence-electron chi connectivity index (χ3n) is 3.47. The quantitative estimate of drug-likeness (QED) is 0.701. The lowest BCUT2D eigenvalue weighted by Gasteiger charge is -2.26. The van der Waals surface area contributed by atoms with Crippen LogP contribution in [-0.2, 0) is 9.53 Å². The van der Waals surface area contributed by atoms with Gasteiger partial charge in [-0.2, -0.15) is 0 Å². The van der Waals surface area contributed by atoms with Gasteiger partial charge in [0, 0.05) is 0 Å². The molecule has 1 atom stereocenters. The molecule has 3 nitrogen and oxygen atoms in total. The molecule has 0 aromatic rings. The van der Waals surface area contributed by atoms with Crippen molar-refractivity contribution < 1.29 is 14.6 Å². The van der Waals surface area contributed by atoms with Gasteiger partial charge in [0.15, 0.2) is 0 Å². The molecule has 0 aromatic carbocycles. The highest BCUT2D eigenvalue weighted by Crippen LogP contribution is 2.50. The molecule has 0 amide bonds. The van der Waals surface area contributed by atoms with Crippen LogP contribution in [0.3, 0.4) is 0 Å². The van der Waals surface area contributed by atoms with Crippen LogP contribution >= 0.6 is 0 Å². The molecule has 2 fully saturated rings. The van der Waals surface area contributed by atoms with Crippen LogP contribution in [0.5, 0.6) is 0 Å². The maximum Gasteiger partial charge on any atom is 0.308 e. The Kier molecular flexibility index (Phi) is 2.52. The Bertz CT molecular complexity index is 227. The second kappa shape index (κ2) is 3.54. The molecule has 1 N–H and O–H groups in total. The van der Waals surface area contributed by atoms with Crippen molar-refractivity contribution in [2.75, 3.05) is 0 Å². The van der Waals surface area contributed by atoms with Crippen molar-refractivity contribution in [3.05, 3.63) is 0 Å². The number of ether oxygens (including phenoxy) is 1. The number of aliphatic hydroxyl groups excluding tert-OH is 1. The van der Waals surface area contributed by atoms with Crippen molar-refractivity contribution in [3.8, 4) is 0 Å². The normalized spacial score (nSPS) is 37.1. The minimum Gasteiger partial charge on any atom is -0.459 e. The minimum absolute atomic E-state index is 0.131. The highest BCUT2D eigenvalue weighted by molar-refractivity contribution is 5.70. The maximum absolute atomic E-state index is 11.4. The van der Waals surface area contributed by atoms with Gasteiger partial charge in [-0.3, -0.25) is 4.79 Å². The number of esters is 1. The van der Waals surface area contributed by atoms with E-state index in [2.05, 4.69) is 0 Å². The molecule has 1 unspecified atom stereocenters. The zero-order valence-corrected chi connectivity index (χ0v) is 8.66. The van der Waals surface area contributed by atoms with E-state index in [-0.39, 0.29) is 18.0 Å². The van der Waals surface area contributed by atoms with E-state index in [1.807, 2.05) is 0 Å². The van der Waals surface area contributed by atoms with E-state index in [9.17, 15) is 4.79 Å². The van der Waals surface area contributed by atoms with Gasteiger partial charge in [0.2, 0.25) is 0 Å². The predicted octanol–water partition coefficient (Wildman–Crippen LogP) is 1.63. The lowest BCUT2D eigenvalue weighted by atomic mass is 9.97. The van der Waals surface area contributed by atoms with Crippen molar-refractivity contribution in [1.29, 1.82) is 0 Å². The van der Waals surface area contributed by atoms with Crippen LogP contribution in [0, 0.1) is 5.92 Å². The summed E-state index contributed by atoms with van der Waals surface area (Å²) in [5.74, 6) is 0.553. The number of carbonyl (C=O) groups excluding carboxylic acids is 1. The summed E-state index contributed by atoms with van der Waals surface area (Å²) in [6.07, 6.45) is 5.08. The summed E-state index contributed by atoms with van der Waals surface area (Å²) in [4.78, 5) is 11.4. The van der Waals surface area contributed by atoms with Gasteiger partial charge in [-0.1, -0.05) is 0 Å².